The van der Waals surface area contributed by atoms with Gasteiger partial charge in [0.25, 0.3) is 0 Å². The number of aliphatic hydroxyl groups excluding tert-OH is 3. The molecule has 2 aliphatic rings. The van der Waals surface area contributed by atoms with Crippen molar-refractivity contribution >= 4 is 42.1 Å². The Morgan fingerprint density at radius 1 is 1.27 bits per heavy atom. The minimum absolute atomic E-state index is 0.0861. The Morgan fingerprint density at radius 2 is 2.00 bits per heavy atom. The van der Waals surface area contributed by atoms with Crippen LogP contribution in [0.1, 0.15) is 33.1 Å². The largest absolute Gasteiger partial charge is 0.388 e. The second kappa shape index (κ2) is 14.7. The van der Waals surface area contributed by atoms with Crippen molar-refractivity contribution in [2.45, 2.75) is 80.3 Å². The fraction of sp³-hybridized carbons (Fsp3) is 0.955. The molecule has 0 aromatic heterocycles. The Kier molecular flexibility index (Phi) is 13.2. The minimum atomic E-state index is -1.35. The van der Waals surface area contributed by atoms with Gasteiger partial charge in [0.1, 0.15) is 29.9 Å². The Balaban J connectivity index is 2.13. The summed E-state index contributed by atoms with van der Waals surface area (Å²) in [6, 6.07) is -0.773. The van der Waals surface area contributed by atoms with Crippen molar-refractivity contribution in [2.24, 2.45) is 5.92 Å². The highest BCUT2D eigenvalue weighted by Gasteiger charge is 2.48. The van der Waals surface area contributed by atoms with Gasteiger partial charge in [0, 0.05) is 23.3 Å². The number of rotatable bonds is 13. The zero-order valence-electron chi connectivity index (χ0n) is 20.1. The summed E-state index contributed by atoms with van der Waals surface area (Å²) in [5.74, 6) is 1.78. The van der Waals surface area contributed by atoms with E-state index in [1.807, 2.05) is 14.0 Å². The number of carbonyl (C=O) groups is 1. The first kappa shape index (κ1) is 29.5. The normalized spacial score (nSPS) is 34.8. The molecule has 0 radical (unpaired) electrons. The van der Waals surface area contributed by atoms with Crippen LogP contribution in [0.3, 0.4) is 0 Å². The summed E-state index contributed by atoms with van der Waals surface area (Å²) >= 11 is 7.03. The van der Waals surface area contributed by atoms with Gasteiger partial charge in [0.2, 0.25) is 5.91 Å². The molecule has 2 rings (SSSR count). The number of likely N-dealkylation sites (N-methyl/N-ethyl adjacent to an activating group) is 1. The first-order valence-corrected chi connectivity index (χ1v) is 14.7. The Bertz CT molecular complexity index is 590. The summed E-state index contributed by atoms with van der Waals surface area (Å²) in [6.45, 7) is 6.17. The molecule has 4 N–H and O–H groups in total. The van der Waals surface area contributed by atoms with Crippen molar-refractivity contribution in [3.8, 4) is 0 Å². The highest BCUT2D eigenvalue weighted by atomic mass is 32.2. The third-order valence-electron chi connectivity index (χ3n) is 6.49. The molecular weight excluding hydrogens is 484 g/mol. The van der Waals surface area contributed by atoms with E-state index in [0.717, 1.165) is 25.8 Å². The quantitative estimate of drug-likeness (QED) is 0.176. The van der Waals surface area contributed by atoms with Gasteiger partial charge in [-0.15, -0.1) is 11.8 Å². The molecular formula is C22H42N2O6S3. The summed E-state index contributed by atoms with van der Waals surface area (Å²) in [5.41, 5.74) is -0.688. The highest BCUT2D eigenvalue weighted by molar-refractivity contribution is 8.00. The number of carbonyl (C=O) groups excluding carboxylic acids is 1. The summed E-state index contributed by atoms with van der Waals surface area (Å²) in [7, 11) is 1.97. The van der Waals surface area contributed by atoms with Gasteiger partial charge in [-0.05, 0) is 32.1 Å². The van der Waals surface area contributed by atoms with Crippen LogP contribution >= 0.6 is 36.2 Å². The van der Waals surface area contributed by atoms with Crippen LogP contribution in [0.4, 0.5) is 0 Å². The molecule has 2 fully saturated rings. The SMILES string of the molecule is CCC[C@@H]1C[C@@H](C(=O)N[C@H]([C@H]2O[C@H](SC)[C@H](O)[C@@H](O)[C@H]2O)[C@@H](C)SCCOCCS)N(C)C1. The van der Waals surface area contributed by atoms with Crippen molar-refractivity contribution in [1.29, 1.82) is 0 Å². The smallest absolute Gasteiger partial charge is 0.237 e. The summed E-state index contributed by atoms with van der Waals surface area (Å²) in [6.07, 6.45) is 0.0777. The average molecular weight is 527 g/mol. The number of nitrogens with one attached hydrogen (secondary N) is 1. The number of hydrogen-bond acceptors (Lipinski definition) is 10. The topological polar surface area (TPSA) is 111 Å². The van der Waals surface area contributed by atoms with Crippen molar-refractivity contribution < 1.29 is 29.6 Å². The molecule has 194 valence electrons. The predicted octanol–water partition coefficient (Wildman–Crippen LogP) is 0.830. The van der Waals surface area contributed by atoms with E-state index in [1.54, 1.807) is 18.0 Å². The minimum Gasteiger partial charge on any atom is -0.388 e. The lowest BCUT2D eigenvalue weighted by Crippen LogP contribution is -2.65. The number of aliphatic hydroxyl groups is 3. The van der Waals surface area contributed by atoms with E-state index in [2.05, 4.69) is 29.8 Å². The highest BCUT2D eigenvalue weighted by Crippen LogP contribution is 2.32. The predicted molar refractivity (Wildman–Crippen MR) is 138 cm³/mol. The third kappa shape index (κ3) is 8.15. The molecule has 33 heavy (non-hydrogen) atoms. The molecule has 0 aliphatic carbocycles. The van der Waals surface area contributed by atoms with E-state index >= 15 is 0 Å². The maximum absolute atomic E-state index is 13.3. The van der Waals surface area contributed by atoms with Crippen molar-refractivity contribution in [2.75, 3.05) is 44.6 Å². The van der Waals surface area contributed by atoms with Crippen LogP contribution in [0.25, 0.3) is 0 Å². The van der Waals surface area contributed by atoms with Crippen LogP contribution in [0.2, 0.25) is 0 Å². The first-order valence-electron chi connectivity index (χ1n) is 11.8. The van der Waals surface area contributed by atoms with E-state index in [1.165, 1.54) is 11.8 Å². The maximum atomic E-state index is 13.3. The molecule has 8 nitrogen and oxygen atoms in total. The van der Waals surface area contributed by atoms with Gasteiger partial charge in [0.15, 0.2) is 0 Å². The molecule has 2 heterocycles. The molecule has 9 atom stereocenters. The monoisotopic (exact) mass is 526 g/mol. The number of thiol groups is 1. The molecule has 0 bridgehead atoms. The fourth-order valence-corrected chi connectivity index (χ4v) is 6.51. The third-order valence-corrected chi connectivity index (χ3v) is 8.74. The molecule has 0 unspecified atom stereocenters. The number of nitrogens with zero attached hydrogens (tertiary/aromatic N) is 1. The fourth-order valence-electron chi connectivity index (χ4n) is 4.68. The van der Waals surface area contributed by atoms with E-state index in [4.69, 9.17) is 9.47 Å². The van der Waals surface area contributed by atoms with Crippen LogP contribution in [-0.4, -0.2) is 118 Å². The standard InChI is InChI=1S/C22H42N2O6S3/c1-5-6-14-11-15(24(3)12-14)21(28)23-16(13(2)33-10-8-29-7-9-31)20-18(26)17(25)19(27)22(30-20)32-4/h13-20,22,25-27,31H,5-12H2,1-4H3,(H,23,28)/t13-,14-,15+,16+,17+,18-,19-,20-,22-/m1/s1. The second-order valence-electron chi connectivity index (χ2n) is 8.97. The lowest BCUT2D eigenvalue weighted by molar-refractivity contribution is -0.205. The number of amides is 1. The van der Waals surface area contributed by atoms with Crippen LogP contribution in [0.5, 0.6) is 0 Å². The summed E-state index contributed by atoms with van der Waals surface area (Å²) in [4.78, 5) is 15.4. The van der Waals surface area contributed by atoms with Crippen LogP contribution in [0.15, 0.2) is 0 Å². The zero-order valence-corrected chi connectivity index (χ0v) is 22.7. The number of ether oxygens (including phenoxy) is 2. The van der Waals surface area contributed by atoms with Gasteiger partial charge in [0.05, 0.1) is 25.3 Å². The molecule has 1 amide bonds. The average Bonchev–Trinajstić information content (AvgIpc) is 3.16. The molecule has 0 spiro atoms. The maximum Gasteiger partial charge on any atom is 0.237 e. The molecule has 0 saturated carbocycles. The molecule has 11 heteroatoms. The molecule has 0 aromatic carbocycles. The van der Waals surface area contributed by atoms with Gasteiger partial charge >= 0.3 is 0 Å². The van der Waals surface area contributed by atoms with Crippen LogP contribution in [-0.2, 0) is 14.3 Å². The van der Waals surface area contributed by atoms with Crippen molar-refractivity contribution in [3.05, 3.63) is 0 Å². The number of hydrogen-bond donors (Lipinski definition) is 5. The van der Waals surface area contributed by atoms with Gasteiger partial charge in [-0.2, -0.15) is 24.4 Å². The Labute approximate surface area is 212 Å². The van der Waals surface area contributed by atoms with Crippen molar-refractivity contribution in [3.63, 3.8) is 0 Å². The first-order chi connectivity index (χ1) is 15.7. The molecule has 0 aromatic rings. The number of thioether (sulfide) groups is 2. The van der Waals surface area contributed by atoms with E-state index in [-0.39, 0.29) is 17.2 Å². The Morgan fingerprint density at radius 3 is 2.64 bits per heavy atom. The lowest BCUT2D eigenvalue weighted by Gasteiger charge is -2.44. The molecule has 2 aliphatic heterocycles. The van der Waals surface area contributed by atoms with E-state index < -0.39 is 35.9 Å². The Hall–Kier alpha value is 0.280. The number of likely N-dealkylation sites (tertiary alicyclic amines) is 1. The van der Waals surface area contributed by atoms with Gasteiger partial charge in [-0.25, -0.2) is 0 Å². The van der Waals surface area contributed by atoms with Gasteiger partial charge in [-0.3, -0.25) is 9.69 Å². The van der Waals surface area contributed by atoms with Crippen LogP contribution < -0.4 is 5.32 Å². The lowest BCUT2D eigenvalue weighted by atomic mass is 9.92. The zero-order chi connectivity index (χ0) is 24.5. The summed E-state index contributed by atoms with van der Waals surface area (Å²) < 4.78 is 11.5. The van der Waals surface area contributed by atoms with E-state index in [9.17, 15) is 20.1 Å². The molecule has 2 saturated heterocycles. The summed E-state index contributed by atoms with van der Waals surface area (Å²) in [5, 5.41) is 34.5. The van der Waals surface area contributed by atoms with Crippen LogP contribution in [0, 0.1) is 5.92 Å². The van der Waals surface area contributed by atoms with Crippen molar-refractivity contribution in [1.82, 2.24) is 10.2 Å². The second-order valence-corrected chi connectivity index (χ2v) is 11.8. The van der Waals surface area contributed by atoms with E-state index in [0.29, 0.717) is 30.6 Å². The van der Waals surface area contributed by atoms with Gasteiger partial charge < -0.3 is 30.1 Å². The van der Waals surface area contributed by atoms with Gasteiger partial charge in [-0.1, -0.05) is 20.3 Å².